The van der Waals surface area contributed by atoms with E-state index in [2.05, 4.69) is 29.6 Å². The van der Waals surface area contributed by atoms with Crippen LogP contribution in [0.15, 0.2) is 30.3 Å². The fourth-order valence-electron chi connectivity index (χ4n) is 1.93. The highest BCUT2D eigenvalue weighted by atomic mass is 16.1. The number of carbonyl (C=O) groups excluding carboxylic acids is 1. The molecule has 0 bridgehead atoms. The van der Waals surface area contributed by atoms with Gasteiger partial charge in [0.2, 0.25) is 5.91 Å². The van der Waals surface area contributed by atoms with E-state index in [0.29, 0.717) is 6.42 Å². The molecule has 2 heteroatoms. The Morgan fingerprint density at radius 1 is 1.18 bits per heavy atom. The molecule has 0 radical (unpaired) electrons. The molecule has 0 aromatic heterocycles. The van der Waals surface area contributed by atoms with Crippen LogP contribution in [0.25, 0.3) is 0 Å². The van der Waals surface area contributed by atoms with Gasteiger partial charge in [0.15, 0.2) is 0 Å². The first kappa shape index (κ1) is 12.2. The van der Waals surface area contributed by atoms with Gasteiger partial charge in [-0.05, 0) is 43.6 Å². The van der Waals surface area contributed by atoms with Gasteiger partial charge in [-0.15, -0.1) is 0 Å². The average molecular weight is 231 g/mol. The van der Waals surface area contributed by atoms with Crippen LogP contribution in [0.2, 0.25) is 0 Å². The third-order valence-electron chi connectivity index (χ3n) is 3.25. The summed E-state index contributed by atoms with van der Waals surface area (Å²) in [4.78, 5) is 11.5. The SMILES string of the molecule is O=C(CCCCc1ccccc1)NCC1CC1. The van der Waals surface area contributed by atoms with Crippen LogP contribution in [-0.2, 0) is 11.2 Å². The summed E-state index contributed by atoms with van der Waals surface area (Å²) in [5.41, 5.74) is 1.37. The van der Waals surface area contributed by atoms with Crippen LogP contribution in [0, 0.1) is 5.92 Å². The normalized spacial score (nSPS) is 14.6. The number of hydrogen-bond acceptors (Lipinski definition) is 1. The summed E-state index contributed by atoms with van der Waals surface area (Å²) in [6, 6.07) is 10.5. The van der Waals surface area contributed by atoms with E-state index in [0.717, 1.165) is 31.7 Å². The molecule has 1 amide bonds. The summed E-state index contributed by atoms with van der Waals surface area (Å²) < 4.78 is 0. The molecular formula is C15H21NO. The van der Waals surface area contributed by atoms with E-state index in [-0.39, 0.29) is 5.91 Å². The number of aryl methyl sites for hydroxylation is 1. The van der Waals surface area contributed by atoms with E-state index < -0.39 is 0 Å². The molecule has 1 N–H and O–H groups in total. The van der Waals surface area contributed by atoms with E-state index >= 15 is 0 Å². The average Bonchev–Trinajstić information content (AvgIpc) is 3.17. The van der Waals surface area contributed by atoms with Crippen LogP contribution in [0.3, 0.4) is 0 Å². The van der Waals surface area contributed by atoms with Crippen LogP contribution in [0.4, 0.5) is 0 Å². The van der Waals surface area contributed by atoms with Crippen LogP contribution in [0.1, 0.15) is 37.7 Å². The van der Waals surface area contributed by atoms with Gasteiger partial charge in [0, 0.05) is 13.0 Å². The molecule has 2 rings (SSSR count). The predicted molar refractivity (Wildman–Crippen MR) is 69.7 cm³/mol. The molecule has 0 saturated heterocycles. The quantitative estimate of drug-likeness (QED) is 0.718. The van der Waals surface area contributed by atoms with Gasteiger partial charge in [0.25, 0.3) is 0 Å². The monoisotopic (exact) mass is 231 g/mol. The Bertz CT molecular complexity index is 343. The van der Waals surface area contributed by atoms with Crippen molar-refractivity contribution in [2.75, 3.05) is 6.54 Å². The van der Waals surface area contributed by atoms with Gasteiger partial charge < -0.3 is 5.32 Å². The maximum absolute atomic E-state index is 11.5. The Kier molecular flexibility index (Phi) is 4.60. The lowest BCUT2D eigenvalue weighted by Crippen LogP contribution is -2.25. The lowest BCUT2D eigenvalue weighted by Gasteiger charge is -2.04. The van der Waals surface area contributed by atoms with Gasteiger partial charge in [0.05, 0.1) is 0 Å². The van der Waals surface area contributed by atoms with Crippen molar-refractivity contribution in [1.82, 2.24) is 5.32 Å². The third kappa shape index (κ3) is 5.03. The van der Waals surface area contributed by atoms with Crippen molar-refractivity contribution in [3.05, 3.63) is 35.9 Å². The lowest BCUT2D eigenvalue weighted by molar-refractivity contribution is -0.121. The van der Waals surface area contributed by atoms with E-state index in [9.17, 15) is 4.79 Å². The number of nitrogens with one attached hydrogen (secondary N) is 1. The van der Waals surface area contributed by atoms with Crippen LogP contribution < -0.4 is 5.32 Å². The molecule has 0 heterocycles. The Labute approximate surface area is 103 Å². The fraction of sp³-hybridized carbons (Fsp3) is 0.533. The Morgan fingerprint density at radius 3 is 2.65 bits per heavy atom. The lowest BCUT2D eigenvalue weighted by atomic mass is 10.1. The minimum Gasteiger partial charge on any atom is -0.356 e. The Balaban J connectivity index is 1.51. The first-order valence-corrected chi connectivity index (χ1v) is 6.65. The molecule has 1 fully saturated rings. The van der Waals surface area contributed by atoms with E-state index in [1.54, 1.807) is 0 Å². The van der Waals surface area contributed by atoms with E-state index in [1.165, 1.54) is 18.4 Å². The van der Waals surface area contributed by atoms with Crippen LogP contribution in [0.5, 0.6) is 0 Å². The first-order valence-electron chi connectivity index (χ1n) is 6.65. The summed E-state index contributed by atoms with van der Waals surface area (Å²) in [5.74, 6) is 1.01. The smallest absolute Gasteiger partial charge is 0.220 e. The van der Waals surface area contributed by atoms with Gasteiger partial charge in [-0.25, -0.2) is 0 Å². The molecule has 17 heavy (non-hydrogen) atoms. The zero-order chi connectivity index (χ0) is 11.9. The zero-order valence-corrected chi connectivity index (χ0v) is 10.3. The van der Waals surface area contributed by atoms with Crippen molar-refractivity contribution in [3.63, 3.8) is 0 Å². The number of hydrogen-bond donors (Lipinski definition) is 1. The Morgan fingerprint density at radius 2 is 1.94 bits per heavy atom. The molecular weight excluding hydrogens is 210 g/mol. The van der Waals surface area contributed by atoms with Crippen LogP contribution >= 0.6 is 0 Å². The molecule has 1 aromatic rings. The summed E-state index contributed by atoms with van der Waals surface area (Å²) in [6.45, 7) is 0.900. The number of rotatable bonds is 7. The maximum atomic E-state index is 11.5. The van der Waals surface area contributed by atoms with E-state index in [1.807, 2.05) is 6.07 Å². The second kappa shape index (κ2) is 6.43. The molecule has 0 aliphatic heterocycles. The molecule has 1 saturated carbocycles. The van der Waals surface area contributed by atoms with Gasteiger partial charge in [-0.1, -0.05) is 30.3 Å². The highest BCUT2D eigenvalue weighted by Crippen LogP contribution is 2.27. The summed E-state index contributed by atoms with van der Waals surface area (Å²) >= 11 is 0. The standard InChI is InChI=1S/C15H21NO/c17-15(16-12-14-10-11-14)9-5-4-8-13-6-2-1-3-7-13/h1-3,6-7,14H,4-5,8-12H2,(H,16,17). The molecule has 1 aromatic carbocycles. The second-order valence-electron chi connectivity index (χ2n) is 4.94. The van der Waals surface area contributed by atoms with Crippen molar-refractivity contribution in [2.24, 2.45) is 5.92 Å². The van der Waals surface area contributed by atoms with Crippen molar-refractivity contribution in [3.8, 4) is 0 Å². The Hall–Kier alpha value is -1.31. The largest absolute Gasteiger partial charge is 0.356 e. The van der Waals surface area contributed by atoms with Crippen LogP contribution in [-0.4, -0.2) is 12.5 Å². The summed E-state index contributed by atoms with van der Waals surface area (Å²) in [7, 11) is 0. The number of benzene rings is 1. The van der Waals surface area contributed by atoms with Crippen molar-refractivity contribution >= 4 is 5.91 Å². The van der Waals surface area contributed by atoms with Gasteiger partial charge in [-0.3, -0.25) is 4.79 Å². The third-order valence-corrected chi connectivity index (χ3v) is 3.25. The minimum absolute atomic E-state index is 0.227. The van der Waals surface area contributed by atoms with E-state index in [4.69, 9.17) is 0 Å². The topological polar surface area (TPSA) is 29.1 Å². The number of carbonyl (C=O) groups is 1. The highest BCUT2D eigenvalue weighted by Gasteiger charge is 2.21. The zero-order valence-electron chi connectivity index (χ0n) is 10.3. The first-order chi connectivity index (χ1) is 8.34. The number of unbranched alkanes of at least 4 members (excludes halogenated alkanes) is 1. The van der Waals surface area contributed by atoms with Crippen molar-refractivity contribution in [1.29, 1.82) is 0 Å². The molecule has 1 aliphatic rings. The highest BCUT2D eigenvalue weighted by molar-refractivity contribution is 5.75. The molecule has 0 spiro atoms. The summed E-state index contributed by atoms with van der Waals surface area (Å²) in [6.07, 6.45) is 6.45. The molecule has 1 aliphatic carbocycles. The maximum Gasteiger partial charge on any atom is 0.220 e. The van der Waals surface area contributed by atoms with Gasteiger partial charge in [0.1, 0.15) is 0 Å². The summed E-state index contributed by atoms with van der Waals surface area (Å²) in [5, 5.41) is 3.00. The van der Waals surface area contributed by atoms with Gasteiger partial charge in [-0.2, -0.15) is 0 Å². The molecule has 0 unspecified atom stereocenters. The number of amides is 1. The predicted octanol–water partition coefficient (Wildman–Crippen LogP) is 2.93. The minimum atomic E-state index is 0.227. The van der Waals surface area contributed by atoms with Crippen molar-refractivity contribution in [2.45, 2.75) is 38.5 Å². The van der Waals surface area contributed by atoms with Gasteiger partial charge >= 0.3 is 0 Å². The van der Waals surface area contributed by atoms with Crippen molar-refractivity contribution < 1.29 is 4.79 Å². The molecule has 0 atom stereocenters. The fourth-order valence-corrected chi connectivity index (χ4v) is 1.93. The molecule has 2 nitrogen and oxygen atoms in total. The second-order valence-corrected chi connectivity index (χ2v) is 4.94. The molecule has 92 valence electrons.